The van der Waals surface area contributed by atoms with E-state index in [1.54, 1.807) is 12.1 Å². The Kier molecular flexibility index (Phi) is 9.77. The smallest absolute Gasteiger partial charge is 0.347 e. The van der Waals surface area contributed by atoms with Crippen molar-refractivity contribution in [3.63, 3.8) is 0 Å². The number of benzene rings is 3. The van der Waals surface area contributed by atoms with Gasteiger partial charge in [0.2, 0.25) is 0 Å². The normalized spacial score (nSPS) is 12.0. The number of hydrogen-bond donors (Lipinski definition) is 1. The second-order valence-electron chi connectivity index (χ2n) is 10.7. The number of aromatic nitrogens is 1. The SMILES string of the molecule is CC[C@@H](Oc1ccc(Cl)c(Cn2c(C)c(C)c3cc(C(=O)NCCc4cccc(C(C)C)c4)ccc32)c1)C(=O)OC. The third-order valence-corrected chi connectivity index (χ3v) is 8.05. The highest BCUT2D eigenvalue weighted by molar-refractivity contribution is 6.31. The van der Waals surface area contributed by atoms with Crippen molar-refractivity contribution < 1.29 is 19.1 Å². The number of amides is 1. The van der Waals surface area contributed by atoms with Crippen LogP contribution in [0.5, 0.6) is 5.75 Å². The first-order valence-corrected chi connectivity index (χ1v) is 14.5. The van der Waals surface area contributed by atoms with Crippen LogP contribution in [0.3, 0.4) is 0 Å². The maximum atomic E-state index is 13.0. The summed E-state index contributed by atoms with van der Waals surface area (Å²) in [5.41, 5.74) is 7.25. The molecule has 1 aromatic heterocycles. The number of nitrogens with zero attached hydrogens (tertiary/aromatic N) is 1. The van der Waals surface area contributed by atoms with Crippen molar-refractivity contribution >= 4 is 34.4 Å². The average molecular weight is 575 g/mol. The van der Waals surface area contributed by atoms with E-state index in [2.05, 4.69) is 61.8 Å². The molecule has 0 radical (unpaired) electrons. The molecular formula is C34H39ClN2O4. The highest BCUT2D eigenvalue weighted by Crippen LogP contribution is 2.30. The second-order valence-corrected chi connectivity index (χ2v) is 11.1. The van der Waals surface area contributed by atoms with Crippen LogP contribution in [-0.2, 0) is 22.5 Å². The molecule has 41 heavy (non-hydrogen) atoms. The van der Waals surface area contributed by atoms with E-state index in [0.717, 1.165) is 34.1 Å². The number of fused-ring (bicyclic) bond motifs is 1. The van der Waals surface area contributed by atoms with Gasteiger partial charge in [-0.2, -0.15) is 0 Å². The van der Waals surface area contributed by atoms with Crippen LogP contribution in [0.25, 0.3) is 10.9 Å². The Balaban J connectivity index is 1.51. The number of aryl methyl sites for hydroxylation is 1. The molecule has 4 rings (SSSR count). The van der Waals surface area contributed by atoms with Crippen LogP contribution in [0, 0.1) is 13.8 Å². The third kappa shape index (κ3) is 6.94. The number of hydrogen-bond acceptors (Lipinski definition) is 4. The number of esters is 1. The number of halogens is 1. The van der Waals surface area contributed by atoms with Crippen molar-refractivity contribution in [2.24, 2.45) is 0 Å². The van der Waals surface area contributed by atoms with Gasteiger partial charge < -0.3 is 19.4 Å². The molecule has 3 aromatic carbocycles. The van der Waals surface area contributed by atoms with Crippen molar-refractivity contribution in [1.29, 1.82) is 0 Å². The summed E-state index contributed by atoms with van der Waals surface area (Å²) in [7, 11) is 1.35. The van der Waals surface area contributed by atoms with Crippen LogP contribution in [0.1, 0.15) is 71.4 Å². The summed E-state index contributed by atoms with van der Waals surface area (Å²) in [4.78, 5) is 25.0. The Morgan fingerprint density at radius 1 is 1.02 bits per heavy atom. The first-order valence-electron chi connectivity index (χ1n) is 14.1. The lowest BCUT2D eigenvalue weighted by molar-refractivity contribution is -0.148. The van der Waals surface area contributed by atoms with E-state index in [1.807, 2.05) is 31.2 Å². The van der Waals surface area contributed by atoms with Crippen LogP contribution < -0.4 is 10.1 Å². The Labute approximate surface area is 247 Å². The van der Waals surface area contributed by atoms with Gasteiger partial charge in [-0.1, -0.05) is 56.6 Å². The predicted molar refractivity (Wildman–Crippen MR) is 165 cm³/mol. The molecule has 0 aliphatic rings. The number of methoxy groups -OCH3 is 1. The van der Waals surface area contributed by atoms with Gasteiger partial charge in [0, 0.05) is 40.3 Å². The van der Waals surface area contributed by atoms with E-state index in [0.29, 0.717) is 41.8 Å². The van der Waals surface area contributed by atoms with E-state index in [9.17, 15) is 9.59 Å². The van der Waals surface area contributed by atoms with Crippen LogP contribution in [0.2, 0.25) is 5.02 Å². The van der Waals surface area contributed by atoms with Gasteiger partial charge in [0.15, 0.2) is 6.10 Å². The first-order chi connectivity index (χ1) is 19.6. The highest BCUT2D eigenvalue weighted by atomic mass is 35.5. The van der Waals surface area contributed by atoms with E-state index in [1.165, 1.54) is 18.2 Å². The summed E-state index contributed by atoms with van der Waals surface area (Å²) in [6, 6.07) is 19.8. The molecule has 216 valence electrons. The van der Waals surface area contributed by atoms with Gasteiger partial charge in [-0.15, -0.1) is 0 Å². The lowest BCUT2D eigenvalue weighted by atomic mass is 10.00. The lowest BCUT2D eigenvalue weighted by Gasteiger charge is -2.17. The molecule has 0 aliphatic carbocycles. The number of ether oxygens (including phenoxy) is 2. The zero-order valence-electron chi connectivity index (χ0n) is 24.7. The highest BCUT2D eigenvalue weighted by Gasteiger charge is 2.20. The van der Waals surface area contributed by atoms with Gasteiger partial charge in [-0.25, -0.2) is 4.79 Å². The molecular weight excluding hydrogens is 536 g/mol. The van der Waals surface area contributed by atoms with Crippen molar-refractivity contribution in [3.05, 3.63) is 99.2 Å². The Hall–Kier alpha value is -3.77. The summed E-state index contributed by atoms with van der Waals surface area (Å²) in [5.74, 6) is 0.540. The molecule has 1 N–H and O–H groups in total. The van der Waals surface area contributed by atoms with E-state index in [-0.39, 0.29) is 5.91 Å². The van der Waals surface area contributed by atoms with Crippen LogP contribution in [0.15, 0.2) is 60.7 Å². The van der Waals surface area contributed by atoms with Crippen molar-refractivity contribution in [2.45, 2.75) is 66.0 Å². The fourth-order valence-electron chi connectivity index (χ4n) is 5.03. The molecule has 0 saturated heterocycles. The molecule has 0 unspecified atom stereocenters. The molecule has 1 heterocycles. The molecule has 7 heteroatoms. The van der Waals surface area contributed by atoms with Gasteiger partial charge in [0.1, 0.15) is 5.75 Å². The average Bonchev–Trinajstić information content (AvgIpc) is 3.21. The van der Waals surface area contributed by atoms with Gasteiger partial charge in [-0.3, -0.25) is 4.79 Å². The zero-order valence-corrected chi connectivity index (χ0v) is 25.5. The fourth-order valence-corrected chi connectivity index (χ4v) is 5.21. The van der Waals surface area contributed by atoms with Gasteiger partial charge in [-0.05, 0) is 91.3 Å². The third-order valence-electron chi connectivity index (χ3n) is 7.68. The fraction of sp³-hybridized carbons (Fsp3) is 0.353. The Morgan fingerprint density at radius 3 is 2.51 bits per heavy atom. The molecule has 1 atom stereocenters. The van der Waals surface area contributed by atoms with Gasteiger partial charge in [0.25, 0.3) is 5.91 Å². The number of nitrogens with one attached hydrogen (secondary N) is 1. The standard InChI is InChI=1S/C34H39ClN2O4/c1-7-32(34(39)40-6)41-28-12-13-30(35)27(18-28)20-37-23(5)22(4)29-19-26(11-14-31(29)37)33(38)36-16-15-24-9-8-10-25(17-24)21(2)3/h8-14,17-19,21,32H,7,15-16,20H2,1-6H3,(H,36,38)/t32-/m1/s1. The minimum atomic E-state index is -0.680. The molecule has 4 aromatic rings. The maximum absolute atomic E-state index is 13.0. The molecule has 1 amide bonds. The molecule has 0 saturated carbocycles. The molecule has 0 aliphatic heterocycles. The van der Waals surface area contributed by atoms with Crippen LogP contribution >= 0.6 is 11.6 Å². The van der Waals surface area contributed by atoms with Crippen molar-refractivity contribution in [2.75, 3.05) is 13.7 Å². The second kappa shape index (κ2) is 13.3. The summed E-state index contributed by atoms with van der Waals surface area (Å²) >= 11 is 6.59. The van der Waals surface area contributed by atoms with Crippen LogP contribution in [0.4, 0.5) is 0 Å². The topological polar surface area (TPSA) is 69.6 Å². The van der Waals surface area contributed by atoms with Gasteiger partial charge >= 0.3 is 5.97 Å². The molecule has 0 fully saturated rings. The van der Waals surface area contributed by atoms with E-state index >= 15 is 0 Å². The van der Waals surface area contributed by atoms with Gasteiger partial charge in [0.05, 0.1) is 7.11 Å². The molecule has 6 nitrogen and oxygen atoms in total. The number of rotatable bonds is 11. The van der Waals surface area contributed by atoms with E-state index < -0.39 is 12.1 Å². The zero-order chi connectivity index (χ0) is 29.7. The maximum Gasteiger partial charge on any atom is 0.347 e. The summed E-state index contributed by atoms with van der Waals surface area (Å²) < 4.78 is 12.9. The Morgan fingerprint density at radius 2 is 1.80 bits per heavy atom. The minimum Gasteiger partial charge on any atom is -0.479 e. The van der Waals surface area contributed by atoms with Crippen molar-refractivity contribution in [1.82, 2.24) is 9.88 Å². The monoisotopic (exact) mass is 574 g/mol. The first kappa shape index (κ1) is 30.2. The summed E-state index contributed by atoms with van der Waals surface area (Å²) in [6.45, 7) is 11.5. The number of carbonyl (C=O) groups excluding carboxylic acids is 2. The van der Waals surface area contributed by atoms with Crippen molar-refractivity contribution in [3.8, 4) is 5.75 Å². The predicted octanol–water partition coefficient (Wildman–Crippen LogP) is 7.39. The molecule has 0 bridgehead atoms. The summed E-state index contributed by atoms with van der Waals surface area (Å²) in [6.07, 6.45) is 0.595. The number of carbonyl (C=O) groups is 2. The lowest BCUT2D eigenvalue weighted by Crippen LogP contribution is -2.27. The molecule has 0 spiro atoms. The largest absolute Gasteiger partial charge is 0.479 e. The quantitative estimate of drug-likeness (QED) is 0.190. The Bertz CT molecular complexity index is 1560. The summed E-state index contributed by atoms with van der Waals surface area (Å²) in [5, 5.41) is 4.71. The minimum absolute atomic E-state index is 0.0827. The van der Waals surface area contributed by atoms with Crippen LogP contribution in [-0.4, -0.2) is 36.2 Å². The van der Waals surface area contributed by atoms with E-state index in [4.69, 9.17) is 21.1 Å².